The highest BCUT2D eigenvalue weighted by Crippen LogP contribution is 2.31. The fourth-order valence-corrected chi connectivity index (χ4v) is 8.19. The van der Waals surface area contributed by atoms with Crippen LogP contribution in [0.3, 0.4) is 0 Å². The molecule has 1 spiro atoms. The number of primary amides is 2. The van der Waals surface area contributed by atoms with E-state index in [0.29, 0.717) is 65.8 Å². The number of aromatic nitrogens is 5. The minimum absolute atomic E-state index is 0.0652. The second kappa shape index (κ2) is 15.5. The van der Waals surface area contributed by atoms with E-state index in [4.69, 9.17) is 20.9 Å². The lowest BCUT2D eigenvalue weighted by molar-refractivity contribution is -0.156. The monoisotopic (exact) mass is 755 g/mol. The molecule has 0 aliphatic carbocycles. The van der Waals surface area contributed by atoms with E-state index in [-0.39, 0.29) is 11.5 Å². The Morgan fingerprint density at radius 2 is 1.87 bits per heavy atom. The van der Waals surface area contributed by atoms with Crippen molar-refractivity contribution in [3.05, 3.63) is 75.9 Å². The lowest BCUT2D eigenvalue weighted by Gasteiger charge is -2.51. The van der Waals surface area contributed by atoms with Crippen LogP contribution in [0.5, 0.6) is 5.75 Å². The number of carbonyl (C=O) groups excluding carboxylic acids is 3. The molecule has 7 rings (SSSR count). The van der Waals surface area contributed by atoms with Gasteiger partial charge in [-0.1, -0.05) is 23.5 Å². The number of ether oxygens (including phenoxy) is 2. The second-order valence-electron chi connectivity index (χ2n) is 13.6. The van der Waals surface area contributed by atoms with Gasteiger partial charge in [-0.2, -0.15) is 5.10 Å². The van der Waals surface area contributed by atoms with E-state index in [0.717, 1.165) is 66.5 Å². The molecule has 2 aliphatic heterocycles. The van der Waals surface area contributed by atoms with Crippen molar-refractivity contribution in [2.45, 2.75) is 45.5 Å². The predicted molar refractivity (Wildman–Crippen MR) is 206 cm³/mol. The molecular formula is C37H45N11O5S. The number of benzene rings is 2. The highest BCUT2D eigenvalue weighted by atomic mass is 32.1. The zero-order valence-corrected chi connectivity index (χ0v) is 31.4. The number of rotatable bonds is 14. The first-order valence-electron chi connectivity index (χ1n) is 18.0. The number of nitrogens with zero attached hydrogens (tertiary/aromatic N) is 7. The number of morpholine rings is 1. The second-order valence-corrected chi connectivity index (χ2v) is 14.6. The number of aryl methyl sites for hydroxylation is 2. The molecule has 2 fully saturated rings. The Balaban J connectivity index is 1.11. The first-order valence-corrected chi connectivity index (χ1v) is 18.8. The number of nitrogens with one attached hydrogen (secondary N) is 2. The maximum Gasteiger partial charge on any atom is 0.276 e. The molecule has 54 heavy (non-hydrogen) atoms. The molecule has 0 saturated carbocycles. The SMILES string of the molecule is CCn1nc(C)cc1C(=O)Nc1nc2cc(C(N)=O)ccc2n1C/C=C/Cn1c(=NC)sc2cc(C(N)=O)cc(OCCCN3CC4(CNCCO4)C3)c21. The molecule has 2 aromatic carbocycles. The molecule has 5 heterocycles. The van der Waals surface area contributed by atoms with Gasteiger partial charge >= 0.3 is 0 Å². The van der Waals surface area contributed by atoms with E-state index in [2.05, 4.69) is 30.6 Å². The van der Waals surface area contributed by atoms with Gasteiger partial charge in [-0.15, -0.1) is 0 Å². The van der Waals surface area contributed by atoms with Crippen LogP contribution in [-0.2, 0) is 24.4 Å². The summed E-state index contributed by atoms with van der Waals surface area (Å²) in [6.07, 6.45) is 4.78. The molecule has 6 N–H and O–H groups in total. The van der Waals surface area contributed by atoms with Crippen molar-refractivity contribution >= 4 is 56.3 Å². The fourth-order valence-electron chi connectivity index (χ4n) is 7.13. The summed E-state index contributed by atoms with van der Waals surface area (Å²) in [7, 11) is 1.73. The number of nitrogens with two attached hydrogens (primary N) is 2. The first kappa shape index (κ1) is 37.0. The number of carbonyl (C=O) groups is 3. The minimum Gasteiger partial charge on any atom is -0.491 e. The highest BCUT2D eigenvalue weighted by molar-refractivity contribution is 7.16. The maximum atomic E-state index is 13.4. The number of hydrogen-bond acceptors (Lipinski definition) is 11. The molecular weight excluding hydrogens is 711 g/mol. The van der Waals surface area contributed by atoms with E-state index < -0.39 is 11.8 Å². The molecule has 17 heteroatoms. The number of allylic oxidation sites excluding steroid dienone is 2. The van der Waals surface area contributed by atoms with Gasteiger partial charge in [-0.25, -0.2) is 4.98 Å². The summed E-state index contributed by atoms with van der Waals surface area (Å²) in [6.45, 7) is 10.7. The van der Waals surface area contributed by atoms with Gasteiger partial charge in [0, 0.05) is 70.5 Å². The molecule has 2 saturated heterocycles. The Morgan fingerprint density at radius 1 is 1.09 bits per heavy atom. The molecule has 0 radical (unpaired) electrons. The van der Waals surface area contributed by atoms with Gasteiger partial charge in [-0.05, 0) is 56.7 Å². The van der Waals surface area contributed by atoms with Crippen molar-refractivity contribution < 1.29 is 23.9 Å². The van der Waals surface area contributed by atoms with Crippen LogP contribution >= 0.6 is 11.3 Å². The topological polar surface area (TPSA) is 202 Å². The van der Waals surface area contributed by atoms with Gasteiger partial charge in [0.05, 0.1) is 34.6 Å². The third kappa shape index (κ3) is 7.52. The van der Waals surface area contributed by atoms with Gasteiger partial charge in [0.2, 0.25) is 17.8 Å². The van der Waals surface area contributed by atoms with Crippen molar-refractivity contribution in [2.75, 3.05) is 58.3 Å². The van der Waals surface area contributed by atoms with Crippen molar-refractivity contribution in [2.24, 2.45) is 16.5 Å². The standard InChI is InChI=1S/C37H45N11O5S/c1-4-48-28(16-23(2)44-48)34(51)43-35-42-26-17-24(32(38)49)8-9-27(26)46(35)12-5-6-13-47-31-29(18-25(33(39)50)19-30(31)54-36(47)40-3)52-14-7-11-45-21-37(22-45)20-41-10-15-53-37/h5-6,8-9,16-19,41H,4,7,10-15,20-22H2,1-3H3,(H2,38,49)(H2,39,50)(H,42,43,51)/b6-5+,40-36?. The number of hydrogen-bond donors (Lipinski definition) is 4. The number of thiazole rings is 1. The van der Waals surface area contributed by atoms with Crippen LogP contribution < -0.4 is 31.6 Å². The fraction of sp³-hybridized carbons (Fsp3) is 0.405. The summed E-state index contributed by atoms with van der Waals surface area (Å²) in [6, 6.07) is 10.2. The molecule has 2 aliphatic rings. The average molecular weight is 756 g/mol. The largest absolute Gasteiger partial charge is 0.491 e. The molecule has 3 aromatic heterocycles. The molecule has 5 aromatic rings. The number of likely N-dealkylation sites (tertiary alicyclic amines) is 1. The van der Waals surface area contributed by atoms with Crippen molar-refractivity contribution in [1.82, 2.24) is 34.1 Å². The van der Waals surface area contributed by atoms with Gasteiger partial charge in [0.25, 0.3) is 5.91 Å². The summed E-state index contributed by atoms with van der Waals surface area (Å²) >= 11 is 1.45. The van der Waals surface area contributed by atoms with Crippen LogP contribution in [0.15, 0.2) is 53.5 Å². The van der Waals surface area contributed by atoms with Crippen LogP contribution in [0.4, 0.5) is 5.95 Å². The average Bonchev–Trinajstić information content (AvgIpc) is 3.82. The summed E-state index contributed by atoms with van der Waals surface area (Å²) in [5.41, 5.74) is 15.1. The number of fused-ring (bicyclic) bond motifs is 2. The number of amides is 3. The zero-order valence-electron chi connectivity index (χ0n) is 30.6. The van der Waals surface area contributed by atoms with Crippen molar-refractivity contribution in [3.63, 3.8) is 0 Å². The lowest BCUT2D eigenvalue weighted by atomic mass is 9.92. The van der Waals surface area contributed by atoms with E-state index in [1.165, 1.54) is 11.3 Å². The molecule has 16 nitrogen and oxygen atoms in total. The Morgan fingerprint density at radius 3 is 2.57 bits per heavy atom. The quantitative estimate of drug-likeness (QED) is 0.0969. The summed E-state index contributed by atoms with van der Waals surface area (Å²) < 4.78 is 18.8. The Bertz CT molecular complexity index is 2320. The molecule has 0 unspecified atom stereocenters. The maximum absolute atomic E-state index is 13.4. The minimum atomic E-state index is -0.570. The van der Waals surface area contributed by atoms with Crippen LogP contribution in [0, 0.1) is 6.92 Å². The molecule has 3 amide bonds. The normalized spacial score (nSPS) is 16.1. The smallest absolute Gasteiger partial charge is 0.276 e. The molecule has 284 valence electrons. The third-order valence-corrected chi connectivity index (χ3v) is 10.8. The van der Waals surface area contributed by atoms with Crippen LogP contribution in [0.2, 0.25) is 0 Å². The summed E-state index contributed by atoms with van der Waals surface area (Å²) in [5.74, 6) is -0.574. The van der Waals surface area contributed by atoms with Gasteiger partial charge in [0.15, 0.2) is 4.80 Å². The zero-order chi connectivity index (χ0) is 38.0. The van der Waals surface area contributed by atoms with E-state index >= 15 is 0 Å². The van der Waals surface area contributed by atoms with Crippen LogP contribution in [0.1, 0.15) is 50.2 Å². The summed E-state index contributed by atoms with van der Waals surface area (Å²) in [4.78, 5) is 50.0. The van der Waals surface area contributed by atoms with Gasteiger partial charge in [-0.3, -0.25) is 34.3 Å². The van der Waals surface area contributed by atoms with Gasteiger partial charge < -0.3 is 35.4 Å². The van der Waals surface area contributed by atoms with E-state index in [1.54, 1.807) is 48.1 Å². The lowest BCUT2D eigenvalue weighted by Crippen LogP contribution is -2.69. The predicted octanol–water partition coefficient (Wildman–Crippen LogP) is 2.26. The number of imidazole rings is 1. The van der Waals surface area contributed by atoms with Crippen molar-refractivity contribution in [3.8, 4) is 5.75 Å². The third-order valence-electron chi connectivity index (χ3n) is 9.69. The Hall–Kier alpha value is -5.36. The summed E-state index contributed by atoms with van der Waals surface area (Å²) in [5, 5.41) is 10.8. The highest BCUT2D eigenvalue weighted by Gasteiger charge is 2.44. The van der Waals surface area contributed by atoms with Crippen molar-refractivity contribution in [1.29, 1.82) is 0 Å². The first-order chi connectivity index (χ1) is 26.1. The Kier molecular flexibility index (Phi) is 10.6. The molecule has 0 atom stereocenters. The van der Waals surface area contributed by atoms with Crippen LogP contribution in [0.25, 0.3) is 21.3 Å². The molecule has 0 bridgehead atoms. The van der Waals surface area contributed by atoms with Crippen LogP contribution in [-0.4, -0.2) is 105 Å². The van der Waals surface area contributed by atoms with E-state index in [1.807, 2.05) is 35.1 Å². The van der Waals surface area contributed by atoms with Gasteiger partial charge in [0.1, 0.15) is 22.6 Å². The van der Waals surface area contributed by atoms with E-state index in [9.17, 15) is 14.4 Å². The Labute approximate surface area is 315 Å². The number of anilines is 1.